The topological polar surface area (TPSA) is 17.1 Å². The van der Waals surface area contributed by atoms with Gasteiger partial charge in [0.05, 0.1) is 0 Å². The third-order valence-electron chi connectivity index (χ3n) is 3.02. The maximum atomic E-state index is 10.8. The zero-order valence-electron chi connectivity index (χ0n) is 11.0. The number of allylic oxidation sites excluding steroid dienone is 1. The van der Waals surface area contributed by atoms with Gasteiger partial charge in [0.15, 0.2) is 5.78 Å². The molecular weight excluding hydrogens is 208 g/mol. The first kappa shape index (κ1) is 13.7. The van der Waals surface area contributed by atoms with Crippen molar-refractivity contribution in [2.75, 3.05) is 0 Å². The first-order valence-corrected chi connectivity index (χ1v) is 6.34. The fraction of sp³-hybridized carbons (Fsp3) is 0.438. The van der Waals surface area contributed by atoms with E-state index in [2.05, 4.69) is 6.58 Å². The predicted molar refractivity (Wildman–Crippen MR) is 73.4 cm³/mol. The lowest BCUT2D eigenvalue weighted by Gasteiger charge is -2.10. The largest absolute Gasteiger partial charge is 0.295 e. The summed E-state index contributed by atoms with van der Waals surface area (Å²) in [4.78, 5) is 10.8. The molecule has 0 spiro atoms. The van der Waals surface area contributed by atoms with Crippen LogP contribution in [0.25, 0.3) is 0 Å². The smallest absolute Gasteiger partial charge is 0.159 e. The minimum Gasteiger partial charge on any atom is -0.295 e. The van der Waals surface area contributed by atoms with Crippen molar-refractivity contribution < 1.29 is 4.79 Å². The molecule has 0 bridgehead atoms. The number of rotatable bonds is 1. The number of hydrogen-bond donors (Lipinski definition) is 0. The van der Waals surface area contributed by atoms with Crippen LogP contribution in [0, 0.1) is 6.92 Å². The van der Waals surface area contributed by atoms with Crippen molar-refractivity contribution >= 4 is 5.78 Å². The molecule has 2 rings (SSSR count). The molecule has 1 aliphatic carbocycles. The lowest BCUT2D eigenvalue weighted by atomic mass is 9.97. The van der Waals surface area contributed by atoms with Gasteiger partial charge in [0.25, 0.3) is 0 Å². The quantitative estimate of drug-likeness (QED) is 0.504. The van der Waals surface area contributed by atoms with Crippen molar-refractivity contribution in [1.82, 2.24) is 0 Å². The van der Waals surface area contributed by atoms with Gasteiger partial charge >= 0.3 is 0 Å². The number of aryl methyl sites for hydroxylation is 1. The summed E-state index contributed by atoms with van der Waals surface area (Å²) in [6.07, 6.45) is 6.79. The standard InChI is InChI=1S/C9H10O.C7H12/c1-7-3-5-9(6-4-7)8(2)10;1-7-5-3-2-4-6-7/h3-6H,1-2H3;1-6H2. The summed E-state index contributed by atoms with van der Waals surface area (Å²) in [5.41, 5.74) is 3.43. The van der Waals surface area contributed by atoms with E-state index >= 15 is 0 Å². The van der Waals surface area contributed by atoms with E-state index in [9.17, 15) is 4.79 Å². The summed E-state index contributed by atoms with van der Waals surface area (Å²) in [7, 11) is 0. The maximum absolute atomic E-state index is 10.8. The average Bonchev–Trinajstić information content (AvgIpc) is 2.31. The zero-order chi connectivity index (χ0) is 12.7. The van der Waals surface area contributed by atoms with E-state index in [1.807, 2.05) is 31.2 Å². The van der Waals surface area contributed by atoms with Gasteiger partial charge in [0.2, 0.25) is 0 Å². The summed E-state index contributed by atoms with van der Waals surface area (Å²) in [5.74, 6) is 0.125. The van der Waals surface area contributed by atoms with Crippen molar-refractivity contribution in [3.8, 4) is 0 Å². The number of carbonyl (C=O) groups excluding carboxylic acids is 1. The molecule has 1 aliphatic rings. The molecule has 0 N–H and O–H groups in total. The van der Waals surface area contributed by atoms with Crippen LogP contribution in [-0.4, -0.2) is 5.78 Å². The Morgan fingerprint density at radius 3 is 1.94 bits per heavy atom. The molecule has 0 radical (unpaired) electrons. The number of hydrogen-bond acceptors (Lipinski definition) is 1. The van der Waals surface area contributed by atoms with E-state index in [1.165, 1.54) is 43.2 Å². The van der Waals surface area contributed by atoms with E-state index in [0.717, 1.165) is 5.56 Å². The van der Waals surface area contributed by atoms with Gasteiger partial charge in [-0.1, -0.05) is 48.4 Å². The Balaban J connectivity index is 0.000000181. The lowest BCUT2D eigenvalue weighted by Crippen LogP contribution is -1.90. The molecular formula is C16H22O. The molecule has 0 aromatic heterocycles. The monoisotopic (exact) mass is 230 g/mol. The highest BCUT2D eigenvalue weighted by Crippen LogP contribution is 2.20. The summed E-state index contributed by atoms with van der Waals surface area (Å²) in [5, 5.41) is 0. The van der Waals surface area contributed by atoms with Gasteiger partial charge in [-0.2, -0.15) is 0 Å². The number of benzene rings is 1. The fourth-order valence-electron chi connectivity index (χ4n) is 1.84. The van der Waals surface area contributed by atoms with Crippen LogP contribution in [0.1, 0.15) is 54.9 Å². The second-order valence-corrected chi connectivity index (χ2v) is 4.73. The van der Waals surface area contributed by atoms with Crippen LogP contribution in [0.15, 0.2) is 36.4 Å². The molecule has 1 aromatic carbocycles. The van der Waals surface area contributed by atoms with Crippen LogP contribution in [0.2, 0.25) is 0 Å². The molecule has 92 valence electrons. The fourth-order valence-corrected chi connectivity index (χ4v) is 1.84. The van der Waals surface area contributed by atoms with Crippen LogP contribution in [-0.2, 0) is 0 Å². The maximum Gasteiger partial charge on any atom is 0.159 e. The van der Waals surface area contributed by atoms with Gasteiger partial charge in [0.1, 0.15) is 0 Å². The molecule has 1 saturated carbocycles. The van der Waals surface area contributed by atoms with E-state index in [1.54, 1.807) is 6.92 Å². The van der Waals surface area contributed by atoms with Crippen LogP contribution >= 0.6 is 0 Å². The van der Waals surface area contributed by atoms with E-state index in [0.29, 0.717) is 0 Å². The molecule has 0 unspecified atom stereocenters. The highest BCUT2D eigenvalue weighted by Gasteiger charge is 2.00. The zero-order valence-corrected chi connectivity index (χ0v) is 11.0. The highest BCUT2D eigenvalue weighted by molar-refractivity contribution is 5.93. The molecule has 0 aliphatic heterocycles. The first-order valence-electron chi connectivity index (χ1n) is 6.34. The van der Waals surface area contributed by atoms with Gasteiger partial charge in [-0.05, 0) is 39.5 Å². The molecule has 0 amide bonds. The van der Waals surface area contributed by atoms with Gasteiger partial charge in [-0.25, -0.2) is 0 Å². The summed E-state index contributed by atoms with van der Waals surface area (Å²) in [6.45, 7) is 7.49. The number of ketones is 1. The molecule has 1 nitrogen and oxygen atoms in total. The normalized spacial score (nSPS) is 14.8. The van der Waals surface area contributed by atoms with Crippen LogP contribution in [0.5, 0.6) is 0 Å². The van der Waals surface area contributed by atoms with Gasteiger partial charge in [-0.3, -0.25) is 4.79 Å². The summed E-state index contributed by atoms with van der Waals surface area (Å²) >= 11 is 0. The van der Waals surface area contributed by atoms with Crippen molar-refractivity contribution in [3.05, 3.63) is 47.5 Å². The highest BCUT2D eigenvalue weighted by atomic mass is 16.1. The number of carbonyl (C=O) groups is 1. The molecule has 0 atom stereocenters. The number of Topliss-reactive ketones (excluding diaryl/α,β-unsaturated/α-hetero) is 1. The third-order valence-corrected chi connectivity index (χ3v) is 3.02. The summed E-state index contributed by atoms with van der Waals surface area (Å²) < 4.78 is 0. The minimum atomic E-state index is 0.125. The predicted octanol–water partition coefficient (Wildman–Crippen LogP) is 4.70. The molecule has 0 heterocycles. The lowest BCUT2D eigenvalue weighted by molar-refractivity contribution is 0.101. The Bertz CT molecular complexity index is 365. The summed E-state index contributed by atoms with van der Waals surface area (Å²) in [6, 6.07) is 7.57. The van der Waals surface area contributed by atoms with Crippen LogP contribution < -0.4 is 0 Å². The van der Waals surface area contributed by atoms with E-state index in [4.69, 9.17) is 0 Å². The van der Waals surface area contributed by atoms with Gasteiger partial charge < -0.3 is 0 Å². The van der Waals surface area contributed by atoms with Crippen molar-refractivity contribution in [2.24, 2.45) is 0 Å². The second-order valence-electron chi connectivity index (χ2n) is 4.73. The molecule has 17 heavy (non-hydrogen) atoms. The Kier molecular flexibility index (Phi) is 5.68. The Labute approximate surface area is 105 Å². The van der Waals surface area contributed by atoms with E-state index in [-0.39, 0.29) is 5.78 Å². The van der Waals surface area contributed by atoms with Crippen molar-refractivity contribution in [3.63, 3.8) is 0 Å². The van der Waals surface area contributed by atoms with Crippen LogP contribution in [0.3, 0.4) is 0 Å². The van der Waals surface area contributed by atoms with Crippen molar-refractivity contribution in [2.45, 2.75) is 46.0 Å². The van der Waals surface area contributed by atoms with Gasteiger partial charge in [0, 0.05) is 5.56 Å². The average molecular weight is 230 g/mol. The SMILES string of the molecule is C=C1CCCCC1.CC(=O)c1ccc(C)cc1. The minimum absolute atomic E-state index is 0.125. The molecule has 1 aromatic rings. The Hall–Kier alpha value is -1.37. The second kappa shape index (κ2) is 7.05. The third kappa shape index (κ3) is 5.48. The first-order chi connectivity index (χ1) is 8.09. The Morgan fingerprint density at radius 1 is 1.06 bits per heavy atom. The van der Waals surface area contributed by atoms with Crippen molar-refractivity contribution in [1.29, 1.82) is 0 Å². The molecule has 1 heteroatoms. The Morgan fingerprint density at radius 2 is 1.59 bits per heavy atom. The molecule has 1 fully saturated rings. The molecule has 0 saturated heterocycles. The van der Waals surface area contributed by atoms with E-state index < -0.39 is 0 Å². The van der Waals surface area contributed by atoms with Gasteiger partial charge in [-0.15, -0.1) is 0 Å². The van der Waals surface area contributed by atoms with Crippen LogP contribution in [0.4, 0.5) is 0 Å².